The number of carboxylic acids is 1. The summed E-state index contributed by atoms with van der Waals surface area (Å²) in [4.78, 5) is 13.7. The second-order valence-electron chi connectivity index (χ2n) is 6.06. The smallest absolute Gasteiger partial charge is 0.320 e. The summed E-state index contributed by atoms with van der Waals surface area (Å²) in [5.74, 6) is -0.0826. The van der Waals surface area contributed by atoms with Crippen LogP contribution in [-0.4, -0.2) is 47.7 Å². The summed E-state index contributed by atoms with van der Waals surface area (Å²) in [7, 11) is 0. The van der Waals surface area contributed by atoms with Crippen LogP contribution in [-0.2, 0) is 4.79 Å². The van der Waals surface area contributed by atoms with E-state index in [4.69, 9.17) is 0 Å². The van der Waals surface area contributed by atoms with Gasteiger partial charge in [-0.1, -0.05) is 33.6 Å². The van der Waals surface area contributed by atoms with E-state index < -0.39 is 12.0 Å². The Morgan fingerprint density at radius 3 is 2.47 bits per heavy atom. The lowest BCUT2D eigenvalue weighted by Crippen LogP contribution is -2.43. The number of hydrogen-bond donors (Lipinski definition) is 2. The maximum Gasteiger partial charge on any atom is 0.320 e. The van der Waals surface area contributed by atoms with Gasteiger partial charge < -0.3 is 15.3 Å². The van der Waals surface area contributed by atoms with E-state index in [1.54, 1.807) is 0 Å². The first-order valence-electron chi connectivity index (χ1n) is 7.74. The van der Waals surface area contributed by atoms with Crippen molar-refractivity contribution in [2.45, 2.75) is 65.0 Å². The second-order valence-corrected chi connectivity index (χ2v) is 6.06. The number of nitrogens with zero attached hydrogens (tertiary/aromatic N) is 1. The lowest BCUT2D eigenvalue weighted by atomic mass is 10.1. The Hall–Kier alpha value is -0.610. The van der Waals surface area contributed by atoms with Gasteiger partial charge in [0.15, 0.2) is 0 Å². The van der Waals surface area contributed by atoms with E-state index in [9.17, 15) is 9.90 Å². The average molecular weight is 270 g/mol. The molecular weight excluding hydrogens is 240 g/mol. The molecule has 1 saturated carbocycles. The van der Waals surface area contributed by atoms with E-state index >= 15 is 0 Å². The molecule has 0 aromatic carbocycles. The molecule has 2 N–H and O–H groups in total. The Bertz CT molecular complexity index is 263. The number of nitrogens with one attached hydrogen (secondary N) is 1. The predicted molar refractivity (Wildman–Crippen MR) is 78.4 cm³/mol. The summed E-state index contributed by atoms with van der Waals surface area (Å²) in [6.07, 6.45) is 5.92. The van der Waals surface area contributed by atoms with Gasteiger partial charge in [0.2, 0.25) is 0 Å². The fraction of sp³-hybridized carbons (Fsp3) is 0.933. The Kier molecular flexibility index (Phi) is 7.39. The lowest BCUT2D eigenvalue weighted by Gasteiger charge is -2.31. The normalized spacial score (nSPS) is 18.4. The van der Waals surface area contributed by atoms with E-state index in [1.807, 2.05) is 6.92 Å². The zero-order chi connectivity index (χ0) is 14.3. The summed E-state index contributed by atoms with van der Waals surface area (Å²) in [5, 5.41) is 12.2. The van der Waals surface area contributed by atoms with E-state index in [2.05, 4.69) is 24.1 Å². The molecule has 4 heteroatoms. The highest BCUT2D eigenvalue weighted by Gasteiger charge is 2.25. The molecule has 0 amide bonds. The number of rotatable bonds is 9. The number of carboxylic acid groups (broad SMARTS) is 1. The molecule has 1 aliphatic rings. The molecule has 0 bridgehead atoms. The number of aliphatic carboxylic acids is 1. The van der Waals surface area contributed by atoms with Crippen molar-refractivity contribution >= 4 is 5.97 Å². The summed E-state index contributed by atoms with van der Waals surface area (Å²) in [6.45, 7) is 9.13. The molecule has 1 aliphatic carbocycles. The van der Waals surface area contributed by atoms with Crippen LogP contribution in [0.15, 0.2) is 0 Å². The minimum atomic E-state index is -0.724. The largest absolute Gasteiger partial charge is 0.480 e. The summed E-state index contributed by atoms with van der Waals surface area (Å²) in [5.41, 5.74) is 0. The molecule has 0 heterocycles. The zero-order valence-electron chi connectivity index (χ0n) is 12.7. The Morgan fingerprint density at radius 1 is 1.37 bits per heavy atom. The fourth-order valence-electron chi connectivity index (χ4n) is 3.02. The highest BCUT2D eigenvalue weighted by molar-refractivity contribution is 5.73. The number of hydrogen-bond acceptors (Lipinski definition) is 3. The van der Waals surface area contributed by atoms with Crippen LogP contribution in [0.2, 0.25) is 0 Å². The molecule has 4 nitrogen and oxygen atoms in total. The molecule has 1 atom stereocenters. The Labute approximate surface area is 117 Å². The van der Waals surface area contributed by atoms with E-state index in [0.717, 1.165) is 13.1 Å². The molecule has 0 spiro atoms. The van der Waals surface area contributed by atoms with Gasteiger partial charge in [-0.05, 0) is 31.7 Å². The van der Waals surface area contributed by atoms with Gasteiger partial charge in [0.1, 0.15) is 6.04 Å². The number of likely N-dealkylation sites (N-methyl/N-ethyl adjacent to an activating group) is 1. The third-order valence-corrected chi connectivity index (χ3v) is 3.89. The van der Waals surface area contributed by atoms with Crippen LogP contribution >= 0.6 is 0 Å². The van der Waals surface area contributed by atoms with Gasteiger partial charge >= 0.3 is 5.97 Å². The minimum Gasteiger partial charge on any atom is -0.480 e. The van der Waals surface area contributed by atoms with Gasteiger partial charge in [-0.15, -0.1) is 0 Å². The molecule has 19 heavy (non-hydrogen) atoms. The van der Waals surface area contributed by atoms with Crippen molar-refractivity contribution in [1.82, 2.24) is 10.2 Å². The first-order valence-corrected chi connectivity index (χ1v) is 7.74. The molecule has 112 valence electrons. The van der Waals surface area contributed by atoms with Gasteiger partial charge in [-0.25, -0.2) is 0 Å². The standard InChI is InChI=1S/C15H30N2O2/c1-4-16-14(15(18)19)9-10-17(11-12(2)3)13-7-5-6-8-13/h12-14,16H,4-11H2,1-3H3,(H,18,19). The monoisotopic (exact) mass is 270 g/mol. The molecule has 0 saturated heterocycles. The van der Waals surface area contributed by atoms with Gasteiger partial charge in [-0.2, -0.15) is 0 Å². The fourth-order valence-corrected chi connectivity index (χ4v) is 3.02. The first kappa shape index (κ1) is 16.4. The van der Waals surface area contributed by atoms with Crippen molar-refractivity contribution in [3.63, 3.8) is 0 Å². The molecule has 0 aromatic heterocycles. The van der Waals surface area contributed by atoms with Crippen LogP contribution in [0.4, 0.5) is 0 Å². The quantitative estimate of drug-likeness (QED) is 0.675. The predicted octanol–water partition coefficient (Wildman–Crippen LogP) is 2.34. The van der Waals surface area contributed by atoms with Crippen molar-refractivity contribution in [3.05, 3.63) is 0 Å². The molecule has 1 fully saturated rings. The second kappa shape index (κ2) is 8.54. The van der Waals surface area contributed by atoms with E-state index in [1.165, 1.54) is 25.7 Å². The van der Waals surface area contributed by atoms with Crippen molar-refractivity contribution in [1.29, 1.82) is 0 Å². The minimum absolute atomic E-state index is 0.402. The van der Waals surface area contributed by atoms with Crippen LogP contribution in [0.1, 0.15) is 52.9 Å². The summed E-state index contributed by atoms with van der Waals surface area (Å²) >= 11 is 0. The van der Waals surface area contributed by atoms with Crippen LogP contribution in [0.3, 0.4) is 0 Å². The molecular formula is C15H30N2O2. The Morgan fingerprint density at radius 2 is 2.00 bits per heavy atom. The van der Waals surface area contributed by atoms with Crippen molar-refractivity contribution in [3.8, 4) is 0 Å². The SMILES string of the molecule is CCNC(CCN(CC(C)C)C1CCCC1)C(=O)O. The lowest BCUT2D eigenvalue weighted by molar-refractivity contribution is -0.139. The zero-order valence-corrected chi connectivity index (χ0v) is 12.7. The summed E-state index contributed by atoms with van der Waals surface area (Å²) in [6, 6.07) is 0.277. The van der Waals surface area contributed by atoms with Gasteiger partial charge in [-0.3, -0.25) is 4.79 Å². The highest BCUT2D eigenvalue weighted by Crippen LogP contribution is 2.24. The van der Waals surface area contributed by atoms with Gasteiger partial charge in [0.05, 0.1) is 0 Å². The van der Waals surface area contributed by atoms with Gasteiger partial charge in [0.25, 0.3) is 0 Å². The Balaban J connectivity index is 2.48. The van der Waals surface area contributed by atoms with E-state index in [-0.39, 0.29) is 0 Å². The maximum atomic E-state index is 11.2. The number of carbonyl (C=O) groups is 1. The molecule has 0 aromatic rings. The summed E-state index contributed by atoms with van der Waals surface area (Å²) < 4.78 is 0. The van der Waals surface area contributed by atoms with Crippen molar-refractivity contribution < 1.29 is 9.90 Å². The molecule has 0 aliphatic heterocycles. The average Bonchev–Trinajstić information content (AvgIpc) is 2.85. The van der Waals surface area contributed by atoms with Crippen molar-refractivity contribution in [2.75, 3.05) is 19.6 Å². The topological polar surface area (TPSA) is 52.6 Å². The third kappa shape index (κ3) is 5.91. The van der Waals surface area contributed by atoms with Crippen LogP contribution in [0.5, 0.6) is 0 Å². The van der Waals surface area contributed by atoms with Crippen molar-refractivity contribution in [2.24, 2.45) is 5.92 Å². The van der Waals surface area contributed by atoms with Crippen LogP contribution in [0, 0.1) is 5.92 Å². The molecule has 1 rings (SSSR count). The third-order valence-electron chi connectivity index (χ3n) is 3.89. The van der Waals surface area contributed by atoms with E-state index in [0.29, 0.717) is 24.9 Å². The molecule has 0 radical (unpaired) electrons. The van der Waals surface area contributed by atoms with Gasteiger partial charge in [0, 0.05) is 19.1 Å². The molecule has 1 unspecified atom stereocenters. The van der Waals surface area contributed by atoms with Crippen LogP contribution < -0.4 is 5.32 Å². The van der Waals surface area contributed by atoms with Crippen LogP contribution in [0.25, 0.3) is 0 Å². The first-order chi connectivity index (χ1) is 9.04. The maximum absolute atomic E-state index is 11.2. The highest BCUT2D eigenvalue weighted by atomic mass is 16.4.